The van der Waals surface area contributed by atoms with Gasteiger partial charge < -0.3 is 10.6 Å². The van der Waals surface area contributed by atoms with Gasteiger partial charge in [0.2, 0.25) is 11.8 Å². The van der Waals surface area contributed by atoms with Gasteiger partial charge in [-0.3, -0.25) is 9.59 Å². The number of rotatable bonds is 5. The lowest BCUT2D eigenvalue weighted by atomic mass is 9.96. The molecule has 0 aliphatic rings. The average molecular weight is 276 g/mol. The molecule has 0 aliphatic heterocycles. The van der Waals surface area contributed by atoms with E-state index in [1.165, 1.54) is 0 Å². The number of anilines is 1. The van der Waals surface area contributed by atoms with Crippen LogP contribution in [0.3, 0.4) is 0 Å². The molecule has 0 aromatic heterocycles. The summed E-state index contributed by atoms with van der Waals surface area (Å²) in [7, 11) is 0. The number of hydrogen-bond acceptors (Lipinski definition) is 2. The Bertz CT molecular complexity index is 458. The van der Waals surface area contributed by atoms with Crippen molar-refractivity contribution in [1.82, 2.24) is 5.32 Å². The number of amides is 2. The largest absolute Gasteiger partial charge is 0.356 e. The summed E-state index contributed by atoms with van der Waals surface area (Å²) in [5.41, 5.74) is 1.58. The third-order valence-corrected chi connectivity index (χ3v) is 2.88. The van der Waals surface area contributed by atoms with Gasteiger partial charge in [-0.1, -0.05) is 38.5 Å². The molecule has 0 aliphatic carbocycles. The third kappa shape index (κ3) is 5.87. The van der Waals surface area contributed by atoms with Crippen molar-refractivity contribution in [2.24, 2.45) is 5.41 Å². The zero-order chi connectivity index (χ0) is 15.2. The molecule has 4 heteroatoms. The fraction of sp³-hybridized carbons (Fsp3) is 0.500. The second-order valence-electron chi connectivity index (χ2n) is 6.02. The fourth-order valence-corrected chi connectivity index (χ4v) is 1.58. The van der Waals surface area contributed by atoms with Crippen molar-refractivity contribution in [1.29, 1.82) is 0 Å². The molecule has 0 spiro atoms. The second-order valence-corrected chi connectivity index (χ2v) is 6.02. The van der Waals surface area contributed by atoms with Crippen LogP contribution in [0.15, 0.2) is 24.3 Å². The molecule has 1 rings (SSSR count). The van der Waals surface area contributed by atoms with Gasteiger partial charge >= 0.3 is 0 Å². The summed E-state index contributed by atoms with van der Waals surface area (Å²) in [6.07, 6.45) is 1.04. The lowest BCUT2D eigenvalue weighted by Gasteiger charge is -2.17. The molecule has 0 bridgehead atoms. The molecule has 1 aromatic rings. The Kier molecular flexibility index (Phi) is 5.74. The number of nitrogens with one attached hydrogen (secondary N) is 2. The van der Waals surface area contributed by atoms with Crippen LogP contribution in [0, 0.1) is 12.3 Å². The number of benzene rings is 1. The van der Waals surface area contributed by atoms with Gasteiger partial charge in [-0.15, -0.1) is 0 Å². The molecule has 20 heavy (non-hydrogen) atoms. The topological polar surface area (TPSA) is 58.2 Å². The van der Waals surface area contributed by atoms with Gasteiger partial charge in [0.15, 0.2) is 0 Å². The zero-order valence-electron chi connectivity index (χ0n) is 12.7. The quantitative estimate of drug-likeness (QED) is 0.812. The highest BCUT2D eigenvalue weighted by Gasteiger charge is 2.20. The predicted molar refractivity (Wildman–Crippen MR) is 81.5 cm³/mol. The lowest BCUT2D eigenvalue weighted by Crippen LogP contribution is -2.35. The van der Waals surface area contributed by atoms with E-state index in [0.29, 0.717) is 19.4 Å². The maximum Gasteiger partial charge on any atom is 0.225 e. The van der Waals surface area contributed by atoms with Gasteiger partial charge in [0.05, 0.1) is 0 Å². The monoisotopic (exact) mass is 276 g/mol. The first-order valence-corrected chi connectivity index (χ1v) is 6.94. The third-order valence-electron chi connectivity index (χ3n) is 2.88. The fourth-order valence-electron chi connectivity index (χ4n) is 1.58. The second kappa shape index (κ2) is 7.08. The number of hydrogen-bond donors (Lipinski definition) is 2. The van der Waals surface area contributed by atoms with Crippen LogP contribution in [-0.2, 0) is 9.59 Å². The van der Waals surface area contributed by atoms with E-state index in [0.717, 1.165) is 11.3 Å². The first-order chi connectivity index (χ1) is 9.29. The molecule has 0 unspecified atom stereocenters. The smallest absolute Gasteiger partial charge is 0.225 e. The molecule has 2 amide bonds. The number of aryl methyl sites for hydroxylation is 1. The van der Waals surface area contributed by atoms with Gasteiger partial charge in [-0.2, -0.15) is 0 Å². The van der Waals surface area contributed by atoms with Crippen molar-refractivity contribution >= 4 is 17.5 Å². The summed E-state index contributed by atoms with van der Waals surface area (Å²) in [5, 5.41) is 5.67. The molecule has 110 valence electrons. The Hall–Kier alpha value is -1.84. The van der Waals surface area contributed by atoms with Crippen LogP contribution < -0.4 is 10.6 Å². The predicted octanol–water partition coefficient (Wildman–Crippen LogP) is 2.88. The Morgan fingerprint density at radius 2 is 1.70 bits per heavy atom. The summed E-state index contributed by atoms with van der Waals surface area (Å²) in [4.78, 5) is 23.3. The molecular formula is C16H24N2O2. The Labute approximate surface area is 121 Å². The van der Waals surface area contributed by atoms with E-state index < -0.39 is 0 Å². The van der Waals surface area contributed by atoms with Crippen LogP contribution >= 0.6 is 0 Å². The van der Waals surface area contributed by atoms with E-state index in [1.54, 1.807) is 0 Å². The highest BCUT2D eigenvalue weighted by molar-refractivity contribution is 5.90. The van der Waals surface area contributed by atoms with Crippen LogP contribution in [0.1, 0.15) is 39.2 Å². The van der Waals surface area contributed by atoms with Crippen molar-refractivity contribution in [3.63, 3.8) is 0 Å². The molecule has 0 saturated carbocycles. The van der Waals surface area contributed by atoms with Crippen molar-refractivity contribution in [3.05, 3.63) is 29.8 Å². The summed E-state index contributed by atoms with van der Waals surface area (Å²) in [6, 6.07) is 7.68. The van der Waals surface area contributed by atoms with Gasteiger partial charge in [-0.05, 0) is 25.5 Å². The van der Waals surface area contributed by atoms with Crippen LogP contribution in [0.2, 0.25) is 0 Å². The first-order valence-electron chi connectivity index (χ1n) is 6.94. The SMILES string of the molecule is Cc1ccc(NC(=O)CCCNC(=O)C(C)(C)C)cc1. The van der Waals surface area contributed by atoms with Crippen LogP contribution in [-0.4, -0.2) is 18.4 Å². The Morgan fingerprint density at radius 1 is 1.10 bits per heavy atom. The average Bonchev–Trinajstić information content (AvgIpc) is 2.36. The number of carbonyl (C=O) groups excluding carboxylic acids is 2. The van der Waals surface area contributed by atoms with Gasteiger partial charge in [0, 0.05) is 24.1 Å². The minimum absolute atomic E-state index is 0.0106. The van der Waals surface area contributed by atoms with E-state index in [4.69, 9.17) is 0 Å². The minimum Gasteiger partial charge on any atom is -0.356 e. The maximum atomic E-state index is 11.7. The van der Waals surface area contributed by atoms with Crippen molar-refractivity contribution in [2.75, 3.05) is 11.9 Å². The highest BCUT2D eigenvalue weighted by atomic mass is 16.2. The van der Waals surface area contributed by atoms with Crippen molar-refractivity contribution in [3.8, 4) is 0 Å². The van der Waals surface area contributed by atoms with Crippen LogP contribution in [0.4, 0.5) is 5.69 Å². The van der Waals surface area contributed by atoms with Gasteiger partial charge in [0.1, 0.15) is 0 Å². The zero-order valence-corrected chi connectivity index (χ0v) is 12.7. The Morgan fingerprint density at radius 3 is 2.25 bits per heavy atom. The van der Waals surface area contributed by atoms with Crippen LogP contribution in [0.25, 0.3) is 0 Å². The van der Waals surface area contributed by atoms with Crippen molar-refractivity contribution < 1.29 is 9.59 Å². The van der Waals surface area contributed by atoms with Gasteiger partial charge in [-0.25, -0.2) is 0 Å². The lowest BCUT2D eigenvalue weighted by molar-refractivity contribution is -0.128. The minimum atomic E-state index is -0.385. The molecule has 0 heterocycles. The summed E-state index contributed by atoms with van der Waals surface area (Å²) in [6.45, 7) is 8.13. The molecule has 0 saturated heterocycles. The maximum absolute atomic E-state index is 11.7. The van der Waals surface area contributed by atoms with E-state index in [1.807, 2.05) is 52.0 Å². The standard InChI is InChI=1S/C16H24N2O2/c1-12-7-9-13(10-8-12)18-14(19)6-5-11-17-15(20)16(2,3)4/h7-10H,5-6,11H2,1-4H3,(H,17,20)(H,18,19). The Balaban J connectivity index is 2.24. The molecule has 4 nitrogen and oxygen atoms in total. The van der Waals surface area contributed by atoms with E-state index in [-0.39, 0.29) is 17.2 Å². The van der Waals surface area contributed by atoms with E-state index in [9.17, 15) is 9.59 Å². The normalized spacial score (nSPS) is 11.0. The molecule has 0 atom stereocenters. The summed E-state index contributed by atoms with van der Waals surface area (Å²) < 4.78 is 0. The highest BCUT2D eigenvalue weighted by Crippen LogP contribution is 2.12. The number of carbonyl (C=O) groups is 2. The van der Waals surface area contributed by atoms with E-state index in [2.05, 4.69) is 10.6 Å². The molecule has 0 fully saturated rings. The molecule has 1 aromatic carbocycles. The molecule has 0 radical (unpaired) electrons. The van der Waals surface area contributed by atoms with Gasteiger partial charge in [0.25, 0.3) is 0 Å². The van der Waals surface area contributed by atoms with Crippen molar-refractivity contribution in [2.45, 2.75) is 40.5 Å². The van der Waals surface area contributed by atoms with Crippen LogP contribution in [0.5, 0.6) is 0 Å². The first kappa shape index (κ1) is 16.2. The van der Waals surface area contributed by atoms with E-state index >= 15 is 0 Å². The summed E-state index contributed by atoms with van der Waals surface area (Å²) in [5.74, 6) is -0.0182. The summed E-state index contributed by atoms with van der Waals surface area (Å²) >= 11 is 0. The molecular weight excluding hydrogens is 252 g/mol. The molecule has 2 N–H and O–H groups in total.